The lowest BCUT2D eigenvalue weighted by molar-refractivity contribution is 0.122. The van der Waals surface area contributed by atoms with Crippen LogP contribution in [-0.4, -0.2) is 40.5 Å². The summed E-state index contributed by atoms with van der Waals surface area (Å²) in [5, 5.41) is 0.455. The fraction of sp³-hybridized carbons (Fsp3) is 0.429. The molecule has 0 aliphatic heterocycles. The number of allylic oxidation sites excluding steroid dienone is 1. The highest BCUT2D eigenvalue weighted by Crippen LogP contribution is 2.15. The van der Waals surface area contributed by atoms with Crippen LogP contribution in [0.25, 0.3) is 0 Å². The zero-order chi connectivity index (χ0) is 15.8. The number of aromatic nitrogens is 1. The van der Waals surface area contributed by atoms with Crippen LogP contribution in [0.3, 0.4) is 0 Å². The molecule has 0 atom stereocenters. The van der Waals surface area contributed by atoms with E-state index in [1.54, 1.807) is 19.3 Å². The fourth-order valence-corrected chi connectivity index (χ4v) is 2.11. The minimum Gasteiger partial charge on any atom is -0.433 e. The fourth-order valence-electron chi connectivity index (χ4n) is 1.90. The first-order chi connectivity index (χ1) is 10.0. The predicted molar refractivity (Wildman–Crippen MR) is 84.1 cm³/mol. The number of halogens is 2. The maximum atomic E-state index is 11.8. The molecule has 0 saturated heterocycles. The predicted octanol–water partition coefficient (Wildman–Crippen LogP) is 3.68. The third-order valence-electron chi connectivity index (χ3n) is 2.92. The van der Waals surface area contributed by atoms with Crippen molar-refractivity contribution in [2.24, 2.45) is 0 Å². The van der Waals surface area contributed by atoms with Gasteiger partial charge in [0.15, 0.2) is 6.07 Å². The second-order valence-electron chi connectivity index (χ2n) is 4.23. The molecule has 0 aliphatic carbocycles. The number of nitrogens with zero attached hydrogens (tertiary/aromatic N) is 3. The Morgan fingerprint density at radius 2 is 2.19 bits per heavy atom. The Kier molecular flexibility index (Phi) is 7.32. The van der Waals surface area contributed by atoms with E-state index >= 15 is 0 Å². The van der Waals surface area contributed by atoms with Crippen molar-refractivity contribution in [3.63, 3.8) is 0 Å². The van der Waals surface area contributed by atoms with E-state index in [1.165, 1.54) is 4.90 Å². The molecule has 1 aromatic rings. The summed E-state index contributed by atoms with van der Waals surface area (Å²) in [6.45, 7) is 5.20. The molecule has 0 radical (unpaired) electrons. The third-order valence-corrected chi connectivity index (χ3v) is 3.25. The van der Waals surface area contributed by atoms with E-state index in [2.05, 4.69) is 4.98 Å². The van der Waals surface area contributed by atoms with Crippen molar-refractivity contribution in [3.8, 4) is 0 Å². The van der Waals surface area contributed by atoms with E-state index in [1.807, 2.05) is 30.9 Å². The van der Waals surface area contributed by atoms with Gasteiger partial charge in [-0.1, -0.05) is 29.3 Å². The van der Waals surface area contributed by atoms with Crippen molar-refractivity contribution in [1.82, 2.24) is 14.8 Å². The van der Waals surface area contributed by atoms with E-state index in [0.29, 0.717) is 11.7 Å². The van der Waals surface area contributed by atoms with Crippen molar-refractivity contribution in [2.45, 2.75) is 20.4 Å². The van der Waals surface area contributed by atoms with Gasteiger partial charge in [-0.05, 0) is 31.6 Å². The number of alkyl halides is 1. The van der Waals surface area contributed by atoms with Gasteiger partial charge in [-0.25, -0.2) is 9.78 Å². The number of carbonyl (C=O) groups is 1. The molecule has 1 heterocycles. The normalized spacial score (nSPS) is 11.2. The Hall–Kier alpha value is -1.46. The van der Waals surface area contributed by atoms with E-state index in [0.717, 1.165) is 17.9 Å². The summed E-state index contributed by atoms with van der Waals surface area (Å²) in [6.07, 6.45) is 3.07. The van der Waals surface area contributed by atoms with Crippen LogP contribution < -0.4 is 0 Å². The summed E-state index contributed by atoms with van der Waals surface area (Å²) in [5.74, 6) is 0.738. The monoisotopic (exact) mass is 331 g/mol. The lowest BCUT2D eigenvalue weighted by Gasteiger charge is -2.31. The quantitative estimate of drug-likeness (QED) is 0.589. The molecule has 0 fully saturated rings. The molecule has 1 aromatic heterocycles. The molecule has 1 rings (SSSR count). The highest BCUT2D eigenvalue weighted by Gasteiger charge is 2.19. The smallest absolute Gasteiger partial charge is 0.416 e. The van der Waals surface area contributed by atoms with Crippen molar-refractivity contribution < 1.29 is 9.53 Å². The number of ether oxygens (including phenoxy) is 1. The average molecular weight is 332 g/mol. The summed E-state index contributed by atoms with van der Waals surface area (Å²) in [5.41, 5.74) is 1.000. The van der Waals surface area contributed by atoms with Crippen molar-refractivity contribution >= 4 is 29.3 Å². The van der Waals surface area contributed by atoms with Gasteiger partial charge in [-0.2, -0.15) is 0 Å². The zero-order valence-corrected chi connectivity index (χ0v) is 13.9. The number of pyridine rings is 1. The number of rotatable bonds is 6. The van der Waals surface area contributed by atoms with Gasteiger partial charge in [0.1, 0.15) is 11.0 Å². The van der Waals surface area contributed by atoms with Crippen LogP contribution >= 0.6 is 23.2 Å². The molecule has 0 aromatic carbocycles. The second kappa shape index (κ2) is 8.74. The lowest BCUT2D eigenvalue weighted by atomic mass is 10.2. The van der Waals surface area contributed by atoms with Crippen LogP contribution in [0.15, 0.2) is 30.2 Å². The Morgan fingerprint density at radius 1 is 1.48 bits per heavy atom. The average Bonchev–Trinajstić information content (AvgIpc) is 2.49. The largest absolute Gasteiger partial charge is 0.433 e. The number of amides is 1. The van der Waals surface area contributed by atoms with Crippen LogP contribution in [0, 0.1) is 0 Å². The third kappa shape index (κ3) is 5.10. The summed E-state index contributed by atoms with van der Waals surface area (Å²) < 4.78 is 4.80. The number of hydrogen-bond donors (Lipinski definition) is 0. The summed E-state index contributed by atoms with van der Waals surface area (Å²) >= 11 is 11.2. The van der Waals surface area contributed by atoms with E-state index in [-0.39, 0.29) is 6.07 Å². The maximum absolute atomic E-state index is 11.8. The van der Waals surface area contributed by atoms with Crippen LogP contribution in [0.5, 0.6) is 0 Å². The Balaban J connectivity index is 2.85. The van der Waals surface area contributed by atoms with Gasteiger partial charge in [0.2, 0.25) is 0 Å². The molecule has 21 heavy (non-hydrogen) atoms. The highest BCUT2D eigenvalue weighted by molar-refractivity contribution is 6.29. The van der Waals surface area contributed by atoms with Crippen LogP contribution in [-0.2, 0) is 11.3 Å². The lowest BCUT2D eigenvalue weighted by Crippen LogP contribution is -2.36. The van der Waals surface area contributed by atoms with Gasteiger partial charge in [-0.3, -0.25) is 4.90 Å². The maximum Gasteiger partial charge on any atom is 0.416 e. The van der Waals surface area contributed by atoms with E-state index in [4.69, 9.17) is 27.9 Å². The highest BCUT2D eigenvalue weighted by atomic mass is 35.5. The Labute approximate surface area is 135 Å². The molecule has 0 unspecified atom stereocenters. The first kappa shape index (κ1) is 17.6. The molecule has 5 nitrogen and oxygen atoms in total. The first-order valence-corrected chi connectivity index (χ1v) is 7.42. The molecule has 116 valence electrons. The zero-order valence-electron chi connectivity index (χ0n) is 12.3. The molecule has 0 aliphatic rings. The van der Waals surface area contributed by atoms with Gasteiger partial charge in [0.25, 0.3) is 0 Å². The minimum atomic E-state index is -0.495. The van der Waals surface area contributed by atoms with E-state index < -0.39 is 6.09 Å². The summed E-state index contributed by atoms with van der Waals surface area (Å²) in [7, 11) is 1.65. The van der Waals surface area contributed by atoms with Gasteiger partial charge in [0.05, 0.1) is 0 Å². The molecule has 0 spiro atoms. The molecule has 1 amide bonds. The van der Waals surface area contributed by atoms with Crippen molar-refractivity contribution in [3.05, 3.63) is 40.9 Å². The van der Waals surface area contributed by atoms with Crippen molar-refractivity contribution in [1.29, 1.82) is 0 Å². The minimum absolute atomic E-state index is 0.173. The van der Waals surface area contributed by atoms with Crippen LogP contribution in [0.1, 0.15) is 19.4 Å². The van der Waals surface area contributed by atoms with Crippen LogP contribution in [0.2, 0.25) is 5.15 Å². The molecular weight excluding hydrogens is 313 g/mol. The number of carbonyl (C=O) groups excluding carboxylic acids is 1. The first-order valence-electron chi connectivity index (χ1n) is 6.51. The Morgan fingerprint density at radius 3 is 2.67 bits per heavy atom. The SMILES string of the molecule is C/C=C(/N(CC)Cc1ccc(Cl)nc1)N(C)C(=O)OCCl. The standard InChI is InChI=1S/C14H19Cl2N3O2/c1-4-13(18(3)14(20)21-10-15)19(5-2)9-11-6-7-12(16)17-8-11/h4,6-8H,5,9-10H2,1-3H3/b13-4+. The molecule has 0 bridgehead atoms. The van der Waals surface area contributed by atoms with Crippen LogP contribution in [0.4, 0.5) is 4.79 Å². The van der Waals surface area contributed by atoms with Gasteiger partial charge in [0, 0.05) is 26.3 Å². The molecule has 0 saturated carbocycles. The van der Waals surface area contributed by atoms with Crippen molar-refractivity contribution in [2.75, 3.05) is 19.7 Å². The van der Waals surface area contributed by atoms with Gasteiger partial charge < -0.3 is 9.64 Å². The molecule has 0 N–H and O–H groups in total. The topological polar surface area (TPSA) is 45.7 Å². The summed E-state index contributed by atoms with van der Waals surface area (Å²) in [6, 6.07) is 3.47. The molecular formula is C14H19Cl2N3O2. The molecule has 7 heteroatoms. The Bertz CT molecular complexity index is 491. The number of hydrogen-bond acceptors (Lipinski definition) is 4. The van der Waals surface area contributed by atoms with Gasteiger partial charge in [-0.15, -0.1) is 0 Å². The van der Waals surface area contributed by atoms with Gasteiger partial charge >= 0.3 is 6.09 Å². The second-order valence-corrected chi connectivity index (χ2v) is 4.83. The summed E-state index contributed by atoms with van der Waals surface area (Å²) in [4.78, 5) is 19.3. The van der Waals surface area contributed by atoms with E-state index in [9.17, 15) is 4.79 Å².